The summed E-state index contributed by atoms with van der Waals surface area (Å²) in [6.45, 7) is 9.00. The molecule has 0 bridgehead atoms. The lowest BCUT2D eigenvalue weighted by molar-refractivity contribution is 0.0790. The molecule has 1 aliphatic heterocycles. The number of carbonyl (C=O) groups excluding carboxylic acids is 1. The number of carbonyl (C=O) groups is 1. The highest BCUT2D eigenvalue weighted by Gasteiger charge is 2.25. The molecule has 1 aromatic carbocycles. The largest absolute Gasteiger partial charge is 0.494 e. The number of hydrogen-bond donors (Lipinski definition) is 1. The van der Waals surface area contributed by atoms with E-state index in [0.717, 1.165) is 26.2 Å². The Kier molecular flexibility index (Phi) is 6.57. The average Bonchev–Trinajstić information content (AvgIpc) is 2.56. The van der Waals surface area contributed by atoms with Crippen LogP contribution in [0.2, 0.25) is 0 Å². The number of likely N-dealkylation sites (N-methyl/N-ethyl adjacent to an activating group) is 1. The monoisotopic (exact) mass is 337 g/mol. The van der Waals surface area contributed by atoms with Crippen molar-refractivity contribution in [2.45, 2.75) is 19.9 Å². The van der Waals surface area contributed by atoms with Crippen LogP contribution in [0.1, 0.15) is 24.2 Å². The van der Waals surface area contributed by atoms with Gasteiger partial charge < -0.3 is 15.0 Å². The predicted molar refractivity (Wildman–Crippen MR) is 93.0 cm³/mol. The van der Waals surface area contributed by atoms with Gasteiger partial charge in [0.25, 0.3) is 5.91 Å². The number of methoxy groups -OCH3 is 1. The normalized spacial score (nSPS) is 17.8. The van der Waals surface area contributed by atoms with Crippen LogP contribution in [0.4, 0.5) is 4.39 Å². The molecule has 1 aliphatic rings. The summed E-state index contributed by atoms with van der Waals surface area (Å²) in [7, 11) is 3.53. The first-order valence-corrected chi connectivity index (χ1v) is 8.46. The second-order valence-electron chi connectivity index (χ2n) is 6.71. The average molecular weight is 337 g/mol. The number of ether oxygens (including phenoxy) is 1. The van der Waals surface area contributed by atoms with Crippen molar-refractivity contribution in [1.82, 2.24) is 15.1 Å². The number of rotatable bonds is 6. The zero-order chi connectivity index (χ0) is 17.7. The maximum absolute atomic E-state index is 13.7. The Morgan fingerprint density at radius 1 is 1.29 bits per heavy atom. The number of benzene rings is 1. The molecule has 0 radical (unpaired) electrons. The predicted octanol–water partition coefficient (Wildman–Crippen LogP) is 1.84. The van der Waals surface area contributed by atoms with E-state index in [1.165, 1.54) is 19.2 Å². The number of nitrogens with one attached hydrogen (secondary N) is 1. The Balaban J connectivity index is 1.96. The molecule has 0 aliphatic carbocycles. The summed E-state index contributed by atoms with van der Waals surface area (Å²) in [5, 5.41) is 2.95. The molecule has 0 aromatic heterocycles. The molecule has 0 spiro atoms. The lowest BCUT2D eigenvalue weighted by Gasteiger charge is -2.39. The molecular weight excluding hydrogens is 309 g/mol. The van der Waals surface area contributed by atoms with Gasteiger partial charge in [0, 0.05) is 44.3 Å². The molecule has 24 heavy (non-hydrogen) atoms. The molecule has 1 aromatic rings. The van der Waals surface area contributed by atoms with E-state index < -0.39 is 5.82 Å². The van der Waals surface area contributed by atoms with Gasteiger partial charge in [0.1, 0.15) is 0 Å². The lowest BCUT2D eigenvalue weighted by Crippen LogP contribution is -2.54. The molecule has 1 N–H and O–H groups in total. The summed E-state index contributed by atoms with van der Waals surface area (Å²) in [5.41, 5.74) is 0.314. The summed E-state index contributed by atoms with van der Waals surface area (Å²) >= 11 is 0. The number of piperazine rings is 1. The summed E-state index contributed by atoms with van der Waals surface area (Å²) in [6, 6.07) is 4.56. The smallest absolute Gasteiger partial charge is 0.251 e. The van der Waals surface area contributed by atoms with Crippen LogP contribution in [0.3, 0.4) is 0 Å². The summed E-state index contributed by atoms with van der Waals surface area (Å²) in [5.74, 6) is -0.202. The van der Waals surface area contributed by atoms with E-state index in [2.05, 4.69) is 36.0 Å². The van der Waals surface area contributed by atoms with E-state index >= 15 is 0 Å². The van der Waals surface area contributed by atoms with Crippen molar-refractivity contribution in [2.24, 2.45) is 5.92 Å². The van der Waals surface area contributed by atoms with Gasteiger partial charge in [-0.3, -0.25) is 9.69 Å². The van der Waals surface area contributed by atoms with Gasteiger partial charge in [0.2, 0.25) is 0 Å². The van der Waals surface area contributed by atoms with Crippen LogP contribution in [0.5, 0.6) is 5.75 Å². The van der Waals surface area contributed by atoms with Gasteiger partial charge in [-0.05, 0) is 31.2 Å². The molecule has 5 nitrogen and oxygen atoms in total. The van der Waals surface area contributed by atoms with Crippen LogP contribution in [0, 0.1) is 11.7 Å². The number of halogens is 1. The molecule has 0 saturated carbocycles. The van der Waals surface area contributed by atoms with Crippen LogP contribution in [0.15, 0.2) is 18.2 Å². The third-order valence-corrected chi connectivity index (χ3v) is 4.66. The van der Waals surface area contributed by atoms with Gasteiger partial charge in [-0.15, -0.1) is 0 Å². The van der Waals surface area contributed by atoms with E-state index in [1.54, 1.807) is 6.07 Å². The van der Waals surface area contributed by atoms with E-state index in [9.17, 15) is 9.18 Å². The number of nitrogens with zero attached hydrogens (tertiary/aromatic N) is 2. The van der Waals surface area contributed by atoms with Gasteiger partial charge in [-0.2, -0.15) is 0 Å². The Morgan fingerprint density at radius 3 is 2.50 bits per heavy atom. The SMILES string of the molecule is COc1ccc(C(=O)NCC(C(C)C)N2CCN(C)CC2)cc1F. The number of amides is 1. The topological polar surface area (TPSA) is 44.8 Å². The Labute approximate surface area is 143 Å². The molecule has 134 valence electrons. The van der Waals surface area contributed by atoms with E-state index in [0.29, 0.717) is 18.0 Å². The van der Waals surface area contributed by atoms with Crippen molar-refractivity contribution < 1.29 is 13.9 Å². The van der Waals surface area contributed by atoms with Crippen molar-refractivity contribution in [3.05, 3.63) is 29.6 Å². The Morgan fingerprint density at radius 2 is 1.96 bits per heavy atom. The lowest BCUT2D eigenvalue weighted by atomic mass is 10.0. The molecule has 1 unspecified atom stereocenters. The van der Waals surface area contributed by atoms with Crippen molar-refractivity contribution in [2.75, 3.05) is 46.9 Å². The zero-order valence-corrected chi connectivity index (χ0v) is 15.0. The van der Waals surface area contributed by atoms with Crippen molar-refractivity contribution in [3.8, 4) is 5.75 Å². The molecule has 1 amide bonds. The highest BCUT2D eigenvalue weighted by Crippen LogP contribution is 2.18. The van der Waals surface area contributed by atoms with E-state index in [1.807, 2.05) is 0 Å². The molecule has 6 heteroatoms. The first-order valence-electron chi connectivity index (χ1n) is 8.46. The minimum atomic E-state index is -0.523. The molecule has 1 saturated heterocycles. The first kappa shape index (κ1) is 18.7. The number of hydrogen-bond acceptors (Lipinski definition) is 4. The molecule has 1 atom stereocenters. The minimum Gasteiger partial charge on any atom is -0.494 e. The van der Waals surface area contributed by atoms with Crippen LogP contribution in [0.25, 0.3) is 0 Å². The quantitative estimate of drug-likeness (QED) is 0.860. The summed E-state index contributed by atoms with van der Waals surface area (Å²) in [4.78, 5) is 17.1. The fraction of sp³-hybridized carbons (Fsp3) is 0.611. The minimum absolute atomic E-state index is 0.143. The van der Waals surface area contributed by atoms with Gasteiger partial charge >= 0.3 is 0 Å². The van der Waals surface area contributed by atoms with E-state index in [-0.39, 0.29) is 17.7 Å². The van der Waals surface area contributed by atoms with Gasteiger partial charge in [-0.1, -0.05) is 13.8 Å². The van der Waals surface area contributed by atoms with Crippen LogP contribution >= 0.6 is 0 Å². The molecule has 1 heterocycles. The van der Waals surface area contributed by atoms with Crippen LogP contribution in [-0.2, 0) is 0 Å². The van der Waals surface area contributed by atoms with Crippen molar-refractivity contribution in [1.29, 1.82) is 0 Å². The standard InChI is InChI=1S/C18H28FN3O2/c1-13(2)16(22-9-7-21(3)8-10-22)12-20-18(23)14-5-6-17(24-4)15(19)11-14/h5-6,11,13,16H,7-10,12H2,1-4H3,(H,20,23). The summed E-state index contributed by atoms with van der Waals surface area (Å²) in [6.07, 6.45) is 0. The van der Waals surface area contributed by atoms with Crippen molar-refractivity contribution >= 4 is 5.91 Å². The second-order valence-corrected chi connectivity index (χ2v) is 6.71. The zero-order valence-electron chi connectivity index (χ0n) is 15.0. The molecule has 2 rings (SSSR count). The highest BCUT2D eigenvalue weighted by atomic mass is 19.1. The maximum atomic E-state index is 13.7. The fourth-order valence-electron chi connectivity index (χ4n) is 3.05. The maximum Gasteiger partial charge on any atom is 0.251 e. The highest BCUT2D eigenvalue weighted by molar-refractivity contribution is 5.94. The van der Waals surface area contributed by atoms with Crippen LogP contribution < -0.4 is 10.1 Å². The summed E-state index contributed by atoms with van der Waals surface area (Å²) < 4.78 is 18.6. The third-order valence-electron chi connectivity index (χ3n) is 4.66. The fourth-order valence-corrected chi connectivity index (χ4v) is 3.05. The van der Waals surface area contributed by atoms with Crippen LogP contribution in [-0.4, -0.2) is 68.6 Å². The first-order chi connectivity index (χ1) is 11.4. The van der Waals surface area contributed by atoms with Gasteiger partial charge in [0.15, 0.2) is 11.6 Å². The van der Waals surface area contributed by atoms with Gasteiger partial charge in [-0.25, -0.2) is 4.39 Å². The Hall–Kier alpha value is -1.66. The molecular formula is C18H28FN3O2. The van der Waals surface area contributed by atoms with Gasteiger partial charge in [0.05, 0.1) is 7.11 Å². The third kappa shape index (κ3) is 4.68. The van der Waals surface area contributed by atoms with Crippen molar-refractivity contribution in [3.63, 3.8) is 0 Å². The molecule has 1 fully saturated rings. The Bertz CT molecular complexity index is 557. The van der Waals surface area contributed by atoms with E-state index in [4.69, 9.17) is 4.74 Å². The second kappa shape index (κ2) is 8.44.